The molecule has 3 heterocycles. The van der Waals surface area contributed by atoms with Crippen LogP contribution in [0.1, 0.15) is 31.4 Å². The second kappa shape index (κ2) is 4.26. The van der Waals surface area contributed by atoms with Crippen LogP contribution in [0.15, 0.2) is 12.4 Å². The van der Waals surface area contributed by atoms with Crippen LogP contribution in [-0.2, 0) is 4.74 Å². The molecule has 92 valence electrons. The molecule has 2 fully saturated rings. The smallest absolute Gasteiger partial charge is 0.150 e. The Morgan fingerprint density at radius 3 is 2.41 bits per heavy atom. The predicted octanol–water partition coefficient (Wildman–Crippen LogP) is 1.93. The van der Waals surface area contributed by atoms with Gasteiger partial charge in [-0.15, -0.1) is 0 Å². The van der Waals surface area contributed by atoms with Crippen LogP contribution in [0.25, 0.3) is 0 Å². The fourth-order valence-corrected chi connectivity index (χ4v) is 3.32. The van der Waals surface area contributed by atoms with Gasteiger partial charge in [-0.3, -0.25) is 4.98 Å². The Hall–Kier alpha value is -1.16. The lowest BCUT2D eigenvalue weighted by atomic mass is 9.99. The van der Waals surface area contributed by atoms with Crippen molar-refractivity contribution in [1.29, 1.82) is 0 Å². The van der Waals surface area contributed by atoms with Crippen LogP contribution in [0.5, 0.6) is 0 Å². The van der Waals surface area contributed by atoms with Gasteiger partial charge in [0, 0.05) is 31.6 Å². The molecule has 2 bridgehead atoms. The maximum absolute atomic E-state index is 5.52. The summed E-state index contributed by atoms with van der Waals surface area (Å²) in [5.74, 6) is 1.08. The lowest BCUT2D eigenvalue weighted by Crippen LogP contribution is -2.46. The van der Waals surface area contributed by atoms with Crippen LogP contribution in [0, 0.1) is 6.92 Å². The van der Waals surface area contributed by atoms with Gasteiger partial charge in [-0.05, 0) is 32.6 Å². The van der Waals surface area contributed by atoms with Gasteiger partial charge in [-0.25, -0.2) is 4.98 Å². The number of rotatable bonds is 2. The van der Waals surface area contributed by atoms with E-state index in [0.29, 0.717) is 18.2 Å². The van der Waals surface area contributed by atoms with E-state index in [0.717, 1.165) is 24.4 Å². The fraction of sp³-hybridized carbons (Fsp3) is 0.692. The molecule has 1 aromatic rings. The van der Waals surface area contributed by atoms with Crippen molar-refractivity contribution in [1.82, 2.24) is 9.97 Å². The number of piperidine rings is 1. The van der Waals surface area contributed by atoms with E-state index in [4.69, 9.17) is 4.74 Å². The van der Waals surface area contributed by atoms with Gasteiger partial charge in [0.1, 0.15) is 0 Å². The van der Waals surface area contributed by atoms with Gasteiger partial charge >= 0.3 is 0 Å². The van der Waals surface area contributed by atoms with Crippen LogP contribution >= 0.6 is 0 Å². The maximum Gasteiger partial charge on any atom is 0.150 e. The highest BCUT2D eigenvalue weighted by Gasteiger charge is 2.41. The van der Waals surface area contributed by atoms with Crippen LogP contribution < -0.4 is 4.90 Å². The van der Waals surface area contributed by atoms with E-state index < -0.39 is 0 Å². The van der Waals surface area contributed by atoms with E-state index in [2.05, 4.69) is 14.9 Å². The molecule has 2 aliphatic heterocycles. The molecule has 0 aliphatic carbocycles. The van der Waals surface area contributed by atoms with Crippen LogP contribution in [-0.4, -0.2) is 35.3 Å². The van der Waals surface area contributed by atoms with Crippen molar-refractivity contribution in [2.75, 3.05) is 12.0 Å². The first-order valence-electron chi connectivity index (χ1n) is 6.38. The third kappa shape index (κ3) is 1.80. The van der Waals surface area contributed by atoms with Gasteiger partial charge in [-0.2, -0.15) is 0 Å². The summed E-state index contributed by atoms with van der Waals surface area (Å²) in [6.45, 7) is 2.05. The van der Waals surface area contributed by atoms with E-state index in [1.165, 1.54) is 12.8 Å². The van der Waals surface area contributed by atoms with Crippen molar-refractivity contribution in [3.05, 3.63) is 18.1 Å². The number of nitrogens with zero attached hydrogens (tertiary/aromatic N) is 3. The summed E-state index contributed by atoms with van der Waals surface area (Å²) in [6.07, 6.45) is 8.78. The normalized spacial score (nSPS) is 31.9. The van der Waals surface area contributed by atoms with Gasteiger partial charge in [0.25, 0.3) is 0 Å². The van der Waals surface area contributed by atoms with E-state index >= 15 is 0 Å². The average molecular weight is 233 g/mol. The molecule has 0 saturated carbocycles. The summed E-state index contributed by atoms with van der Waals surface area (Å²) in [5.41, 5.74) is 1.04. The monoisotopic (exact) mass is 233 g/mol. The van der Waals surface area contributed by atoms with Crippen molar-refractivity contribution in [2.24, 2.45) is 0 Å². The highest BCUT2D eigenvalue weighted by Crippen LogP contribution is 2.39. The summed E-state index contributed by atoms with van der Waals surface area (Å²) in [5, 5.41) is 0. The Labute approximate surface area is 102 Å². The van der Waals surface area contributed by atoms with Crippen LogP contribution in [0.3, 0.4) is 0 Å². The zero-order valence-electron chi connectivity index (χ0n) is 10.5. The number of fused-ring (bicyclic) bond motifs is 2. The van der Waals surface area contributed by atoms with Crippen molar-refractivity contribution in [2.45, 2.75) is 50.8 Å². The quantitative estimate of drug-likeness (QED) is 0.782. The summed E-state index contributed by atoms with van der Waals surface area (Å²) < 4.78 is 5.52. The van der Waals surface area contributed by atoms with E-state index in [1.807, 2.05) is 14.0 Å². The minimum Gasteiger partial charge on any atom is -0.381 e. The molecule has 0 N–H and O–H groups in total. The van der Waals surface area contributed by atoms with Gasteiger partial charge in [0.15, 0.2) is 5.82 Å². The second-order valence-corrected chi connectivity index (χ2v) is 5.09. The Balaban J connectivity index is 1.89. The van der Waals surface area contributed by atoms with Crippen LogP contribution in [0.4, 0.5) is 5.82 Å². The standard InChI is InChI=1S/C13H19N3O/c1-9-13(15-6-5-14-9)16-10-3-4-11(16)8-12(7-10)17-2/h5-6,10-12H,3-4,7-8H2,1-2H3. The molecule has 2 saturated heterocycles. The van der Waals surface area contributed by atoms with E-state index in [-0.39, 0.29) is 0 Å². The minimum atomic E-state index is 0.431. The summed E-state index contributed by atoms with van der Waals surface area (Å²) in [4.78, 5) is 11.4. The number of aryl methyl sites for hydroxylation is 1. The van der Waals surface area contributed by atoms with Gasteiger partial charge in [0.2, 0.25) is 0 Å². The predicted molar refractivity (Wildman–Crippen MR) is 66.1 cm³/mol. The second-order valence-electron chi connectivity index (χ2n) is 5.09. The third-order valence-corrected chi connectivity index (χ3v) is 4.12. The summed E-state index contributed by atoms with van der Waals surface area (Å²) >= 11 is 0. The van der Waals surface area contributed by atoms with Crippen molar-refractivity contribution in [3.8, 4) is 0 Å². The summed E-state index contributed by atoms with van der Waals surface area (Å²) in [6, 6.07) is 1.18. The molecular formula is C13H19N3O. The highest BCUT2D eigenvalue weighted by molar-refractivity contribution is 5.47. The molecule has 4 heteroatoms. The molecule has 1 aromatic heterocycles. The zero-order chi connectivity index (χ0) is 11.8. The zero-order valence-corrected chi connectivity index (χ0v) is 10.5. The van der Waals surface area contributed by atoms with Crippen molar-refractivity contribution >= 4 is 5.82 Å². The first-order chi connectivity index (χ1) is 8.29. The molecule has 4 nitrogen and oxygen atoms in total. The van der Waals surface area contributed by atoms with Gasteiger partial charge in [-0.1, -0.05) is 0 Å². The topological polar surface area (TPSA) is 38.2 Å². The Bertz CT molecular complexity index is 395. The Kier molecular flexibility index (Phi) is 2.74. The fourth-order valence-electron chi connectivity index (χ4n) is 3.32. The lowest BCUT2D eigenvalue weighted by molar-refractivity contribution is 0.0681. The molecule has 3 rings (SSSR count). The highest BCUT2D eigenvalue weighted by atomic mass is 16.5. The van der Waals surface area contributed by atoms with Gasteiger partial charge < -0.3 is 9.64 Å². The number of anilines is 1. The van der Waals surface area contributed by atoms with Crippen molar-refractivity contribution in [3.63, 3.8) is 0 Å². The molecular weight excluding hydrogens is 214 g/mol. The molecule has 0 aromatic carbocycles. The molecule has 2 atom stereocenters. The van der Waals surface area contributed by atoms with Crippen molar-refractivity contribution < 1.29 is 4.74 Å². The number of hydrogen-bond donors (Lipinski definition) is 0. The van der Waals surface area contributed by atoms with Gasteiger partial charge in [0.05, 0.1) is 11.8 Å². The molecule has 0 spiro atoms. The molecule has 17 heavy (non-hydrogen) atoms. The third-order valence-electron chi connectivity index (χ3n) is 4.12. The summed E-state index contributed by atoms with van der Waals surface area (Å²) in [7, 11) is 1.83. The van der Waals surface area contributed by atoms with E-state index in [1.54, 1.807) is 12.4 Å². The molecule has 0 amide bonds. The number of hydrogen-bond acceptors (Lipinski definition) is 4. The number of aromatic nitrogens is 2. The number of methoxy groups -OCH3 is 1. The Morgan fingerprint density at radius 2 is 1.82 bits per heavy atom. The maximum atomic E-state index is 5.52. The number of ether oxygens (including phenoxy) is 1. The minimum absolute atomic E-state index is 0.431. The van der Waals surface area contributed by atoms with Crippen LogP contribution in [0.2, 0.25) is 0 Å². The first-order valence-corrected chi connectivity index (χ1v) is 6.38. The lowest BCUT2D eigenvalue weighted by Gasteiger charge is -2.39. The van der Waals surface area contributed by atoms with E-state index in [9.17, 15) is 0 Å². The molecule has 0 radical (unpaired) electrons. The SMILES string of the molecule is COC1CC2CCC(C1)N2c1nccnc1C. The largest absolute Gasteiger partial charge is 0.381 e. The Morgan fingerprint density at radius 1 is 1.18 bits per heavy atom. The molecule has 2 aliphatic rings. The average Bonchev–Trinajstić information content (AvgIpc) is 2.60. The first kappa shape index (κ1) is 11.0. The molecule has 2 unspecified atom stereocenters.